The number of halogens is 1. The average Bonchev–Trinajstić information content (AvgIpc) is 2.60. The highest BCUT2D eigenvalue weighted by Gasteiger charge is 2.21. The third kappa shape index (κ3) is 4.32. The molecule has 1 amide bonds. The lowest BCUT2D eigenvalue weighted by Gasteiger charge is -2.26. The topological polar surface area (TPSA) is 49.8 Å². The molecule has 2 aromatic carbocycles. The fraction of sp³-hybridized carbons (Fsp3) is 0.316. The van der Waals surface area contributed by atoms with Crippen molar-refractivity contribution in [3.63, 3.8) is 0 Å². The number of rotatable bonds is 6. The van der Waals surface area contributed by atoms with E-state index in [0.717, 1.165) is 11.3 Å². The molecule has 2 aromatic rings. The monoisotopic (exact) mass is 331 g/mol. The molecule has 2 atom stereocenters. The Hall–Kier alpha value is -2.40. The molecule has 0 aliphatic rings. The van der Waals surface area contributed by atoms with E-state index in [2.05, 4.69) is 0 Å². The van der Waals surface area contributed by atoms with Crippen LogP contribution in [-0.4, -0.2) is 30.1 Å². The number of aliphatic hydroxyl groups is 1. The van der Waals surface area contributed by atoms with Crippen LogP contribution in [0.4, 0.5) is 4.39 Å². The summed E-state index contributed by atoms with van der Waals surface area (Å²) in [4.78, 5) is 14.0. The molecule has 0 saturated carbocycles. The van der Waals surface area contributed by atoms with E-state index >= 15 is 0 Å². The zero-order chi connectivity index (χ0) is 17.7. The van der Waals surface area contributed by atoms with Gasteiger partial charge in [-0.25, -0.2) is 4.39 Å². The van der Waals surface area contributed by atoms with E-state index < -0.39 is 11.9 Å². The second kappa shape index (κ2) is 7.93. The number of hydrogen-bond donors (Lipinski definition) is 1. The van der Waals surface area contributed by atoms with Crippen LogP contribution in [0.1, 0.15) is 36.6 Å². The molecule has 4 nitrogen and oxygen atoms in total. The van der Waals surface area contributed by atoms with Gasteiger partial charge in [-0.3, -0.25) is 4.79 Å². The number of carbonyl (C=O) groups excluding carboxylic acids is 1. The van der Waals surface area contributed by atoms with Crippen LogP contribution in [-0.2, 0) is 4.79 Å². The highest BCUT2D eigenvalue weighted by Crippen LogP contribution is 2.24. The molecular formula is C19H22FNO3. The van der Waals surface area contributed by atoms with Crippen molar-refractivity contribution in [1.82, 2.24) is 4.90 Å². The minimum absolute atomic E-state index is 0.0968. The number of hydrogen-bond acceptors (Lipinski definition) is 3. The van der Waals surface area contributed by atoms with E-state index in [1.807, 2.05) is 31.2 Å². The second-order valence-electron chi connectivity index (χ2n) is 5.73. The number of methoxy groups -OCH3 is 1. The summed E-state index contributed by atoms with van der Waals surface area (Å²) in [7, 11) is 3.29. The van der Waals surface area contributed by atoms with Crippen molar-refractivity contribution in [2.45, 2.75) is 25.5 Å². The molecule has 24 heavy (non-hydrogen) atoms. The predicted molar refractivity (Wildman–Crippen MR) is 90.2 cm³/mol. The molecular weight excluding hydrogens is 309 g/mol. The Labute approximate surface area is 141 Å². The maximum atomic E-state index is 13.2. The zero-order valence-electron chi connectivity index (χ0n) is 14.1. The molecule has 0 bridgehead atoms. The van der Waals surface area contributed by atoms with E-state index in [-0.39, 0.29) is 18.4 Å². The quantitative estimate of drug-likeness (QED) is 0.882. The van der Waals surface area contributed by atoms with Crippen LogP contribution in [0, 0.1) is 5.82 Å². The summed E-state index contributed by atoms with van der Waals surface area (Å²) in [5, 5.41) is 10.2. The Kier molecular flexibility index (Phi) is 5.93. The van der Waals surface area contributed by atoms with E-state index in [9.17, 15) is 14.3 Å². The van der Waals surface area contributed by atoms with E-state index in [1.54, 1.807) is 25.1 Å². The van der Waals surface area contributed by atoms with Gasteiger partial charge in [0.25, 0.3) is 0 Å². The van der Waals surface area contributed by atoms with Crippen molar-refractivity contribution in [1.29, 1.82) is 0 Å². The summed E-state index contributed by atoms with van der Waals surface area (Å²) in [5.74, 6) is 0.107. The van der Waals surface area contributed by atoms with Crippen LogP contribution in [0.3, 0.4) is 0 Å². The first-order valence-corrected chi connectivity index (χ1v) is 7.75. The van der Waals surface area contributed by atoms with Crippen molar-refractivity contribution in [3.05, 3.63) is 65.5 Å². The molecule has 0 aliphatic carbocycles. The highest BCUT2D eigenvalue weighted by molar-refractivity contribution is 5.77. The molecule has 2 unspecified atom stereocenters. The van der Waals surface area contributed by atoms with Crippen LogP contribution in [0.25, 0.3) is 0 Å². The molecule has 0 saturated heterocycles. The van der Waals surface area contributed by atoms with Gasteiger partial charge >= 0.3 is 0 Å². The minimum atomic E-state index is -1.03. The largest absolute Gasteiger partial charge is 0.497 e. The third-order valence-corrected chi connectivity index (χ3v) is 4.17. The Morgan fingerprint density at radius 3 is 2.46 bits per heavy atom. The van der Waals surface area contributed by atoms with Gasteiger partial charge in [0.2, 0.25) is 5.91 Å². The maximum Gasteiger partial charge on any atom is 0.225 e. The lowest BCUT2D eigenvalue weighted by atomic mass is 10.0. The Bertz CT molecular complexity index is 687. The minimum Gasteiger partial charge on any atom is -0.497 e. The molecule has 0 aliphatic heterocycles. The van der Waals surface area contributed by atoms with Gasteiger partial charge in [-0.05, 0) is 42.3 Å². The van der Waals surface area contributed by atoms with E-state index in [0.29, 0.717) is 5.56 Å². The van der Waals surface area contributed by atoms with Crippen molar-refractivity contribution in [3.8, 4) is 5.75 Å². The molecule has 0 fully saturated rings. The van der Waals surface area contributed by atoms with Gasteiger partial charge in [0, 0.05) is 7.05 Å². The molecule has 5 heteroatoms. The van der Waals surface area contributed by atoms with Crippen molar-refractivity contribution >= 4 is 5.91 Å². The van der Waals surface area contributed by atoms with Gasteiger partial charge in [0.15, 0.2) is 0 Å². The summed E-state index contributed by atoms with van der Waals surface area (Å²) in [6.45, 7) is 1.91. The fourth-order valence-electron chi connectivity index (χ4n) is 2.46. The summed E-state index contributed by atoms with van der Waals surface area (Å²) in [5.41, 5.74) is 1.36. The normalized spacial score (nSPS) is 13.2. The van der Waals surface area contributed by atoms with Crippen molar-refractivity contribution in [2.75, 3.05) is 14.2 Å². The van der Waals surface area contributed by atoms with Crippen LogP contribution in [0.5, 0.6) is 5.75 Å². The fourth-order valence-corrected chi connectivity index (χ4v) is 2.46. The number of amides is 1. The maximum absolute atomic E-state index is 13.2. The summed E-state index contributed by atoms with van der Waals surface area (Å²) in [6.07, 6.45) is -1.13. The summed E-state index contributed by atoms with van der Waals surface area (Å²) in [6, 6.07) is 13.0. The first-order valence-electron chi connectivity index (χ1n) is 7.75. The molecule has 2 rings (SSSR count). The first kappa shape index (κ1) is 17.9. The number of aliphatic hydroxyl groups excluding tert-OH is 1. The summed E-state index contributed by atoms with van der Waals surface area (Å²) < 4.78 is 18.3. The third-order valence-electron chi connectivity index (χ3n) is 4.17. The molecule has 0 aromatic heterocycles. The van der Waals surface area contributed by atoms with Crippen LogP contribution >= 0.6 is 0 Å². The van der Waals surface area contributed by atoms with Gasteiger partial charge in [0.1, 0.15) is 11.6 Å². The molecule has 1 N–H and O–H groups in total. The van der Waals surface area contributed by atoms with Gasteiger partial charge in [0.05, 0.1) is 25.7 Å². The van der Waals surface area contributed by atoms with Gasteiger partial charge in [-0.1, -0.05) is 24.3 Å². The standard InChI is InChI=1S/C19H22FNO3/c1-13(14-7-9-17(24-3)10-8-14)21(2)19(23)12-18(22)15-5-4-6-16(20)11-15/h4-11,13,18,22H,12H2,1-3H3. The average molecular weight is 331 g/mol. The molecule has 0 heterocycles. The summed E-state index contributed by atoms with van der Waals surface area (Å²) >= 11 is 0. The lowest BCUT2D eigenvalue weighted by molar-refractivity contribution is -0.134. The SMILES string of the molecule is COc1ccc(C(C)N(C)C(=O)CC(O)c2cccc(F)c2)cc1. The molecule has 0 radical (unpaired) electrons. The Morgan fingerprint density at radius 2 is 1.88 bits per heavy atom. The molecule has 128 valence electrons. The predicted octanol–water partition coefficient (Wildman–Crippen LogP) is 3.48. The number of nitrogens with zero attached hydrogens (tertiary/aromatic N) is 1. The second-order valence-corrected chi connectivity index (χ2v) is 5.73. The van der Waals surface area contributed by atoms with Crippen molar-refractivity contribution in [2.24, 2.45) is 0 Å². The smallest absolute Gasteiger partial charge is 0.225 e. The van der Waals surface area contributed by atoms with Crippen LogP contribution < -0.4 is 4.74 Å². The van der Waals surface area contributed by atoms with Crippen molar-refractivity contribution < 1.29 is 19.0 Å². The number of ether oxygens (including phenoxy) is 1. The van der Waals surface area contributed by atoms with Gasteiger partial charge in [-0.15, -0.1) is 0 Å². The zero-order valence-corrected chi connectivity index (χ0v) is 14.1. The highest BCUT2D eigenvalue weighted by atomic mass is 19.1. The Morgan fingerprint density at radius 1 is 1.21 bits per heavy atom. The number of carbonyl (C=O) groups is 1. The lowest BCUT2D eigenvalue weighted by Crippen LogP contribution is -2.30. The van der Waals surface area contributed by atoms with Gasteiger partial charge < -0.3 is 14.7 Å². The number of benzene rings is 2. The Balaban J connectivity index is 2.02. The first-order chi connectivity index (χ1) is 11.4. The van der Waals surface area contributed by atoms with Crippen LogP contribution in [0.15, 0.2) is 48.5 Å². The van der Waals surface area contributed by atoms with Crippen LogP contribution in [0.2, 0.25) is 0 Å². The van der Waals surface area contributed by atoms with Gasteiger partial charge in [-0.2, -0.15) is 0 Å². The molecule has 0 spiro atoms. The van der Waals surface area contributed by atoms with E-state index in [1.165, 1.54) is 18.2 Å². The van der Waals surface area contributed by atoms with E-state index in [4.69, 9.17) is 4.74 Å².